The molecule has 2 rings (SSSR count). The van der Waals surface area contributed by atoms with Gasteiger partial charge in [-0.15, -0.1) is 0 Å². The average molecular weight is 324 g/mol. The molecule has 1 fully saturated rings. The predicted molar refractivity (Wildman–Crippen MR) is 90.7 cm³/mol. The van der Waals surface area contributed by atoms with E-state index in [9.17, 15) is 8.42 Å². The third kappa shape index (κ3) is 4.31. The summed E-state index contributed by atoms with van der Waals surface area (Å²) in [5, 5.41) is 0. The van der Waals surface area contributed by atoms with Crippen LogP contribution in [0.2, 0.25) is 0 Å². The van der Waals surface area contributed by atoms with E-state index in [0.29, 0.717) is 17.4 Å². The lowest BCUT2D eigenvalue weighted by Crippen LogP contribution is -2.40. The third-order valence-corrected chi connectivity index (χ3v) is 6.10. The fourth-order valence-electron chi connectivity index (χ4n) is 3.49. The summed E-state index contributed by atoms with van der Waals surface area (Å²) >= 11 is 0. The highest BCUT2D eigenvalue weighted by molar-refractivity contribution is 7.89. The van der Waals surface area contributed by atoms with E-state index >= 15 is 0 Å². The molecular formula is C17H28N2O2S. The van der Waals surface area contributed by atoms with Crippen molar-refractivity contribution in [3.63, 3.8) is 0 Å². The van der Waals surface area contributed by atoms with Crippen molar-refractivity contribution in [1.29, 1.82) is 0 Å². The first-order valence-corrected chi connectivity index (χ1v) is 9.58. The molecule has 1 aromatic carbocycles. The minimum atomic E-state index is -3.43. The van der Waals surface area contributed by atoms with Gasteiger partial charge in [-0.3, -0.25) is 0 Å². The lowest BCUT2D eigenvalue weighted by atomic mass is 10.0. The molecule has 1 heterocycles. The molecule has 5 heteroatoms. The Morgan fingerprint density at radius 3 is 2.45 bits per heavy atom. The van der Waals surface area contributed by atoms with Crippen LogP contribution in [0.1, 0.15) is 36.5 Å². The number of nitrogens with one attached hydrogen (secondary N) is 1. The number of aryl methyl sites for hydroxylation is 3. The molecule has 1 N–H and O–H groups in total. The van der Waals surface area contributed by atoms with Crippen LogP contribution in [0.3, 0.4) is 0 Å². The fourth-order valence-corrected chi connectivity index (χ4v) is 4.96. The van der Waals surface area contributed by atoms with Gasteiger partial charge in [-0.1, -0.05) is 24.6 Å². The van der Waals surface area contributed by atoms with Crippen LogP contribution in [0.5, 0.6) is 0 Å². The zero-order chi connectivity index (χ0) is 16.3. The van der Waals surface area contributed by atoms with Gasteiger partial charge < -0.3 is 4.90 Å². The monoisotopic (exact) mass is 324 g/mol. The molecule has 0 bridgehead atoms. The van der Waals surface area contributed by atoms with Crippen LogP contribution in [0.4, 0.5) is 0 Å². The van der Waals surface area contributed by atoms with Crippen molar-refractivity contribution in [2.24, 2.45) is 5.92 Å². The van der Waals surface area contributed by atoms with E-state index in [-0.39, 0.29) is 0 Å². The highest BCUT2D eigenvalue weighted by atomic mass is 32.2. The van der Waals surface area contributed by atoms with Crippen molar-refractivity contribution < 1.29 is 8.42 Å². The highest BCUT2D eigenvalue weighted by Crippen LogP contribution is 2.21. The number of benzene rings is 1. The smallest absolute Gasteiger partial charge is 0.241 e. The second-order valence-electron chi connectivity index (χ2n) is 6.67. The van der Waals surface area contributed by atoms with E-state index in [4.69, 9.17) is 0 Å². The van der Waals surface area contributed by atoms with E-state index in [0.717, 1.165) is 36.3 Å². The predicted octanol–water partition coefficient (Wildman–Crippen LogP) is 2.62. The first kappa shape index (κ1) is 17.4. The number of piperidine rings is 1. The Kier molecular flexibility index (Phi) is 5.64. The Balaban J connectivity index is 2.00. The van der Waals surface area contributed by atoms with E-state index in [1.54, 1.807) is 0 Å². The van der Waals surface area contributed by atoms with Crippen LogP contribution in [0.25, 0.3) is 0 Å². The van der Waals surface area contributed by atoms with Crippen LogP contribution >= 0.6 is 0 Å². The lowest BCUT2D eigenvalue weighted by molar-refractivity contribution is 0.187. The maximum atomic E-state index is 12.6. The third-order valence-electron chi connectivity index (χ3n) is 4.33. The van der Waals surface area contributed by atoms with Crippen molar-refractivity contribution in [2.75, 3.05) is 26.2 Å². The van der Waals surface area contributed by atoms with Gasteiger partial charge in [-0.05, 0) is 57.2 Å². The maximum absolute atomic E-state index is 12.6. The standard InChI is InChI=1S/C17H28N2O2S/c1-13-6-5-8-19(12-13)9-7-18-22(20,21)17-15(3)10-14(2)11-16(17)4/h10-11,13,18H,5-9,12H2,1-4H3. The van der Waals surface area contributed by atoms with Gasteiger partial charge in [0.1, 0.15) is 0 Å². The van der Waals surface area contributed by atoms with Crippen molar-refractivity contribution in [1.82, 2.24) is 9.62 Å². The van der Waals surface area contributed by atoms with Gasteiger partial charge in [0.2, 0.25) is 10.0 Å². The summed E-state index contributed by atoms with van der Waals surface area (Å²) in [5.74, 6) is 0.715. The normalized spacial score (nSPS) is 20.3. The molecular weight excluding hydrogens is 296 g/mol. The van der Waals surface area contributed by atoms with Crippen molar-refractivity contribution in [2.45, 2.75) is 45.4 Å². The Morgan fingerprint density at radius 2 is 1.86 bits per heavy atom. The average Bonchev–Trinajstić information content (AvgIpc) is 2.36. The Labute approximate surface area is 135 Å². The van der Waals surface area contributed by atoms with Gasteiger partial charge in [0.05, 0.1) is 4.90 Å². The fraction of sp³-hybridized carbons (Fsp3) is 0.647. The van der Waals surface area contributed by atoms with Crippen LogP contribution in [-0.4, -0.2) is 39.5 Å². The molecule has 0 spiro atoms. The number of hydrogen-bond acceptors (Lipinski definition) is 3. The Bertz CT molecular complexity index is 603. The van der Waals surface area contributed by atoms with E-state index in [1.165, 1.54) is 12.8 Å². The molecule has 0 aromatic heterocycles. The molecule has 22 heavy (non-hydrogen) atoms. The van der Waals surface area contributed by atoms with Gasteiger partial charge in [-0.25, -0.2) is 13.1 Å². The highest BCUT2D eigenvalue weighted by Gasteiger charge is 2.21. The number of rotatable bonds is 5. The SMILES string of the molecule is Cc1cc(C)c(S(=O)(=O)NCCN2CCCC(C)C2)c(C)c1. The first-order chi connectivity index (χ1) is 10.3. The van der Waals surface area contributed by atoms with Gasteiger partial charge >= 0.3 is 0 Å². The molecule has 124 valence electrons. The largest absolute Gasteiger partial charge is 0.302 e. The van der Waals surface area contributed by atoms with E-state index in [2.05, 4.69) is 16.5 Å². The molecule has 0 saturated carbocycles. The minimum absolute atomic E-state index is 0.435. The van der Waals surface area contributed by atoms with Crippen LogP contribution in [-0.2, 0) is 10.0 Å². The molecule has 0 amide bonds. The molecule has 1 aliphatic rings. The topological polar surface area (TPSA) is 49.4 Å². The second-order valence-corrected chi connectivity index (χ2v) is 8.38. The molecule has 1 saturated heterocycles. The molecule has 4 nitrogen and oxygen atoms in total. The quantitative estimate of drug-likeness (QED) is 0.906. The summed E-state index contributed by atoms with van der Waals surface area (Å²) in [6.45, 7) is 11.4. The molecule has 1 unspecified atom stereocenters. The number of likely N-dealkylation sites (tertiary alicyclic amines) is 1. The lowest BCUT2D eigenvalue weighted by Gasteiger charge is -2.30. The number of hydrogen-bond donors (Lipinski definition) is 1. The number of sulfonamides is 1. The van der Waals surface area contributed by atoms with Gasteiger partial charge in [0, 0.05) is 19.6 Å². The molecule has 0 radical (unpaired) electrons. The van der Waals surface area contributed by atoms with Crippen LogP contribution in [0, 0.1) is 26.7 Å². The van der Waals surface area contributed by atoms with Gasteiger partial charge in [0.25, 0.3) is 0 Å². The minimum Gasteiger partial charge on any atom is -0.302 e. The molecule has 1 aromatic rings. The zero-order valence-electron chi connectivity index (χ0n) is 14.1. The summed E-state index contributed by atoms with van der Waals surface area (Å²) < 4.78 is 27.9. The Morgan fingerprint density at radius 1 is 1.23 bits per heavy atom. The van der Waals surface area contributed by atoms with Gasteiger partial charge in [0.15, 0.2) is 0 Å². The van der Waals surface area contributed by atoms with Crippen LogP contribution in [0.15, 0.2) is 17.0 Å². The summed E-state index contributed by atoms with van der Waals surface area (Å²) in [6, 6.07) is 3.85. The van der Waals surface area contributed by atoms with Gasteiger partial charge in [-0.2, -0.15) is 0 Å². The first-order valence-electron chi connectivity index (χ1n) is 8.09. The van der Waals surface area contributed by atoms with E-state index in [1.807, 2.05) is 32.9 Å². The summed E-state index contributed by atoms with van der Waals surface area (Å²) in [5.41, 5.74) is 2.73. The van der Waals surface area contributed by atoms with Crippen molar-refractivity contribution in [3.8, 4) is 0 Å². The van der Waals surface area contributed by atoms with Crippen LogP contribution < -0.4 is 4.72 Å². The Hall–Kier alpha value is -0.910. The molecule has 1 atom stereocenters. The summed E-state index contributed by atoms with van der Waals surface area (Å²) in [6.07, 6.45) is 2.49. The van der Waals surface area contributed by atoms with Crippen molar-refractivity contribution in [3.05, 3.63) is 28.8 Å². The maximum Gasteiger partial charge on any atom is 0.241 e. The zero-order valence-corrected chi connectivity index (χ0v) is 15.0. The summed E-state index contributed by atoms with van der Waals surface area (Å²) in [4.78, 5) is 2.79. The molecule has 0 aliphatic carbocycles. The summed E-state index contributed by atoms with van der Waals surface area (Å²) in [7, 11) is -3.43. The van der Waals surface area contributed by atoms with Crippen molar-refractivity contribution >= 4 is 10.0 Å². The molecule has 1 aliphatic heterocycles. The van der Waals surface area contributed by atoms with E-state index < -0.39 is 10.0 Å². The number of nitrogens with zero attached hydrogens (tertiary/aromatic N) is 1. The second kappa shape index (κ2) is 7.11.